The van der Waals surface area contributed by atoms with E-state index in [1.54, 1.807) is 26.2 Å². The van der Waals surface area contributed by atoms with Gasteiger partial charge in [0.15, 0.2) is 6.61 Å². The summed E-state index contributed by atoms with van der Waals surface area (Å²) in [5.74, 6) is 0.416. The number of nitrogens with zero attached hydrogens (tertiary/aromatic N) is 1. The molecule has 34 heavy (non-hydrogen) atoms. The number of unbranched alkanes of at least 4 members (excludes halogenated alkanes) is 3. The Balaban J connectivity index is 1.86. The SMILES string of the molecule is CCCCCCOC(=O)COc1ccc2c(c1)c(C(=O)OCC)c(C)n2-c1ccc(OC)cc1. The zero-order valence-electron chi connectivity index (χ0n) is 20.4. The number of ether oxygens (including phenoxy) is 4. The summed E-state index contributed by atoms with van der Waals surface area (Å²) in [5, 5.41) is 0.692. The summed E-state index contributed by atoms with van der Waals surface area (Å²) >= 11 is 0. The molecular weight excluding hydrogens is 434 g/mol. The van der Waals surface area contributed by atoms with E-state index in [2.05, 4.69) is 6.92 Å². The summed E-state index contributed by atoms with van der Waals surface area (Å²) in [5.41, 5.74) is 2.94. The molecule has 0 spiro atoms. The lowest BCUT2D eigenvalue weighted by molar-refractivity contribution is -0.146. The molecule has 0 aliphatic heterocycles. The van der Waals surface area contributed by atoms with Crippen LogP contribution in [0, 0.1) is 6.92 Å². The van der Waals surface area contributed by atoms with Gasteiger partial charge in [0.05, 0.1) is 31.4 Å². The Kier molecular flexibility index (Phi) is 8.96. The van der Waals surface area contributed by atoms with Gasteiger partial charge in [0, 0.05) is 16.8 Å². The van der Waals surface area contributed by atoms with Crippen molar-refractivity contribution in [1.29, 1.82) is 0 Å². The number of rotatable bonds is 12. The van der Waals surface area contributed by atoms with E-state index < -0.39 is 11.9 Å². The standard InChI is InChI=1S/C27H33NO6/c1-5-7-8-9-16-33-25(29)18-34-22-14-15-24-23(17-22)26(27(30)32-6-2)19(3)28(24)20-10-12-21(31-4)13-11-20/h10-15,17H,5-9,16,18H2,1-4H3. The third kappa shape index (κ3) is 5.90. The first kappa shape index (κ1) is 25.1. The van der Waals surface area contributed by atoms with Gasteiger partial charge < -0.3 is 23.5 Å². The molecular formula is C27H33NO6. The van der Waals surface area contributed by atoms with Crippen molar-refractivity contribution in [3.8, 4) is 17.2 Å². The molecule has 3 rings (SSSR count). The van der Waals surface area contributed by atoms with Crippen LogP contribution in [0.2, 0.25) is 0 Å². The van der Waals surface area contributed by atoms with Crippen molar-refractivity contribution >= 4 is 22.8 Å². The van der Waals surface area contributed by atoms with Gasteiger partial charge in [-0.15, -0.1) is 0 Å². The topological polar surface area (TPSA) is 76.0 Å². The fourth-order valence-corrected chi connectivity index (χ4v) is 3.91. The van der Waals surface area contributed by atoms with Crippen molar-refractivity contribution in [1.82, 2.24) is 4.57 Å². The van der Waals surface area contributed by atoms with Crippen LogP contribution in [0.25, 0.3) is 16.6 Å². The molecule has 7 nitrogen and oxygen atoms in total. The van der Waals surface area contributed by atoms with E-state index in [4.69, 9.17) is 18.9 Å². The molecule has 1 aromatic heterocycles. The van der Waals surface area contributed by atoms with E-state index in [0.717, 1.165) is 48.3 Å². The molecule has 3 aromatic rings. The quantitative estimate of drug-likeness (QED) is 0.254. The van der Waals surface area contributed by atoms with E-state index >= 15 is 0 Å². The molecule has 0 amide bonds. The van der Waals surface area contributed by atoms with Crippen molar-refractivity contribution in [2.75, 3.05) is 26.9 Å². The number of hydrogen-bond acceptors (Lipinski definition) is 6. The van der Waals surface area contributed by atoms with Crippen LogP contribution in [0.5, 0.6) is 11.5 Å². The average Bonchev–Trinajstić information content (AvgIpc) is 3.13. The summed E-state index contributed by atoms with van der Waals surface area (Å²) in [6.07, 6.45) is 4.16. The van der Waals surface area contributed by atoms with Crippen LogP contribution in [-0.2, 0) is 14.3 Å². The van der Waals surface area contributed by atoms with Gasteiger partial charge in [-0.05, 0) is 62.7 Å². The number of carbonyl (C=O) groups excluding carboxylic acids is 2. The number of carbonyl (C=O) groups is 2. The Labute approximate surface area is 200 Å². The molecule has 2 aromatic carbocycles. The van der Waals surface area contributed by atoms with Crippen molar-refractivity contribution in [3.05, 3.63) is 53.7 Å². The second-order valence-corrected chi connectivity index (χ2v) is 7.96. The van der Waals surface area contributed by atoms with Crippen LogP contribution >= 0.6 is 0 Å². The highest BCUT2D eigenvalue weighted by molar-refractivity contribution is 6.07. The molecule has 0 atom stereocenters. The Morgan fingerprint density at radius 2 is 1.65 bits per heavy atom. The Morgan fingerprint density at radius 1 is 0.912 bits per heavy atom. The van der Waals surface area contributed by atoms with Crippen molar-refractivity contribution in [2.24, 2.45) is 0 Å². The van der Waals surface area contributed by atoms with Crippen LogP contribution < -0.4 is 9.47 Å². The van der Waals surface area contributed by atoms with Gasteiger partial charge in [-0.2, -0.15) is 0 Å². The zero-order valence-corrected chi connectivity index (χ0v) is 20.4. The molecule has 0 N–H and O–H groups in total. The van der Waals surface area contributed by atoms with Crippen molar-refractivity contribution < 1.29 is 28.5 Å². The molecule has 0 radical (unpaired) electrons. The number of aromatic nitrogens is 1. The maximum atomic E-state index is 12.8. The number of hydrogen-bond donors (Lipinski definition) is 0. The van der Waals surface area contributed by atoms with Gasteiger partial charge in [0.2, 0.25) is 0 Å². The normalized spacial score (nSPS) is 10.8. The zero-order chi connectivity index (χ0) is 24.5. The maximum Gasteiger partial charge on any atom is 0.344 e. The van der Waals surface area contributed by atoms with E-state index in [9.17, 15) is 9.59 Å². The van der Waals surface area contributed by atoms with Gasteiger partial charge in [-0.1, -0.05) is 26.2 Å². The minimum Gasteiger partial charge on any atom is -0.497 e. The van der Waals surface area contributed by atoms with Crippen LogP contribution in [0.1, 0.15) is 55.6 Å². The van der Waals surface area contributed by atoms with Crippen LogP contribution in [-0.4, -0.2) is 43.4 Å². The van der Waals surface area contributed by atoms with Gasteiger partial charge >= 0.3 is 11.9 Å². The van der Waals surface area contributed by atoms with Crippen LogP contribution in [0.3, 0.4) is 0 Å². The first-order valence-electron chi connectivity index (χ1n) is 11.7. The monoisotopic (exact) mass is 467 g/mol. The average molecular weight is 468 g/mol. The van der Waals surface area contributed by atoms with Gasteiger partial charge in [0.25, 0.3) is 0 Å². The summed E-state index contributed by atoms with van der Waals surface area (Å²) in [4.78, 5) is 24.9. The molecule has 0 fully saturated rings. The summed E-state index contributed by atoms with van der Waals surface area (Å²) in [6.45, 7) is 6.28. The largest absolute Gasteiger partial charge is 0.497 e. The fraction of sp³-hybridized carbons (Fsp3) is 0.407. The molecule has 0 unspecified atom stereocenters. The van der Waals surface area contributed by atoms with E-state index in [0.29, 0.717) is 23.3 Å². The molecule has 0 aliphatic rings. The van der Waals surface area contributed by atoms with Gasteiger partial charge in [-0.3, -0.25) is 0 Å². The molecule has 0 saturated carbocycles. The number of benzene rings is 2. The number of methoxy groups -OCH3 is 1. The van der Waals surface area contributed by atoms with E-state index in [1.165, 1.54) is 0 Å². The molecule has 182 valence electrons. The second kappa shape index (κ2) is 12.1. The minimum absolute atomic E-state index is 0.188. The van der Waals surface area contributed by atoms with Crippen molar-refractivity contribution in [3.63, 3.8) is 0 Å². The molecule has 0 saturated heterocycles. The number of fused-ring (bicyclic) bond motifs is 1. The second-order valence-electron chi connectivity index (χ2n) is 7.96. The first-order valence-corrected chi connectivity index (χ1v) is 11.7. The molecule has 0 bridgehead atoms. The summed E-state index contributed by atoms with van der Waals surface area (Å²) in [7, 11) is 1.62. The predicted molar refractivity (Wildman–Crippen MR) is 131 cm³/mol. The van der Waals surface area contributed by atoms with E-state index in [1.807, 2.05) is 41.8 Å². The summed E-state index contributed by atoms with van der Waals surface area (Å²) < 4.78 is 23.5. The van der Waals surface area contributed by atoms with Gasteiger partial charge in [-0.25, -0.2) is 9.59 Å². The minimum atomic E-state index is -0.408. The molecule has 0 aliphatic carbocycles. The molecule has 7 heteroatoms. The Hall–Kier alpha value is -3.48. The van der Waals surface area contributed by atoms with Crippen LogP contribution in [0.15, 0.2) is 42.5 Å². The highest BCUT2D eigenvalue weighted by Crippen LogP contribution is 2.33. The van der Waals surface area contributed by atoms with Crippen LogP contribution in [0.4, 0.5) is 0 Å². The first-order chi connectivity index (χ1) is 16.5. The lowest BCUT2D eigenvalue weighted by atomic mass is 10.1. The maximum absolute atomic E-state index is 12.8. The van der Waals surface area contributed by atoms with E-state index in [-0.39, 0.29) is 13.2 Å². The predicted octanol–water partition coefficient (Wildman–Crippen LogP) is 5.63. The van der Waals surface area contributed by atoms with Gasteiger partial charge in [0.1, 0.15) is 11.5 Å². The van der Waals surface area contributed by atoms with Crippen molar-refractivity contribution in [2.45, 2.75) is 46.5 Å². The highest BCUT2D eigenvalue weighted by atomic mass is 16.6. The molecule has 1 heterocycles. The lowest BCUT2D eigenvalue weighted by Gasteiger charge is -2.10. The Morgan fingerprint density at radius 3 is 2.32 bits per heavy atom. The third-order valence-corrected chi connectivity index (χ3v) is 5.60. The summed E-state index contributed by atoms with van der Waals surface area (Å²) in [6, 6.07) is 13.0. The highest BCUT2D eigenvalue weighted by Gasteiger charge is 2.22. The smallest absolute Gasteiger partial charge is 0.344 e. The number of esters is 2. The third-order valence-electron chi connectivity index (χ3n) is 5.60. The lowest BCUT2D eigenvalue weighted by Crippen LogP contribution is -2.15. The Bertz CT molecular complexity index is 1120. The fourth-order valence-electron chi connectivity index (χ4n) is 3.91.